The number of ether oxygens (including phenoxy) is 2. The molecule has 39 heavy (non-hydrogen) atoms. The van der Waals surface area contributed by atoms with Gasteiger partial charge in [0.2, 0.25) is 5.82 Å². The number of aromatic carboxylic acids is 1. The highest BCUT2D eigenvalue weighted by Crippen LogP contribution is 2.36. The van der Waals surface area contributed by atoms with Crippen LogP contribution >= 0.6 is 11.6 Å². The van der Waals surface area contributed by atoms with Gasteiger partial charge in [-0.05, 0) is 49.1 Å². The van der Waals surface area contributed by atoms with Crippen LogP contribution in [0.2, 0.25) is 5.02 Å². The van der Waals surface area contributed by atoms with Crippen LogP contribution in [-0.2, 0) is 11.3 Å². The van der Waals surface area contributed by atoms with Crippen molar-refractivity contribution in [1.29, 1.82) is 0 Å². The Morgan fingerprint density at radius 1 is 1.13 bits per heavy atom. The first kappa shape index (κ1) is 26.9. The summed E-state index contributed by atoms with van der Waals surface area (Å²) < 4.78 is 13.4. The number of halogens is 1. The smallest absolute Gasteiger partial charge is 0.374 e. The van der Waals surface area contributed by atoms with Gasteiger partial charge in [0.05, 0.1) is 12.2 Å². The lowest BCUT2D eigenvalue weighted by molar-refractivity contribution is 0.0684. The lowest BCUT2D eigenvalue weighted by atomic mass is 10.1. The predicted molar refractivity (Wildman–Crippen MR) is 151 cm³/mol. The number of rotatable bonds is 13. The van der Waals surface area contributed by atoms with Crippen molar-refractivity contribution in [2.75, 3.05) is 32.2 Å². The minimum Gasteiger partial charge on any atom is -0.493 e. The normalized spacial score (nSPS) is 13.1. The van der Waals surface area contributed by atoms with E-state index < -0.39 is 5.97 Å². The second-order valence-electron chi connectivity index (χ2n) is 9.87. The molecule has 1 fully saturated rings. The van der Waals surface area contributed by atoms with E-state index in [9.17, 15) is 9.90 Å². The third-order valence-corrected chi connectivity index (χ3v) is 6.97. The largest absolute Gasteiger partial charge is 0.493 e. The van der Waals surface area contributed by atoms with Crippen LogP contribution < -0.4 is 10.1 Å². The SMILES string of the molecule is COCCCOc1ccc(C)cc1-c1nc2nc(C(=O)O)nc(NCCC3CC3)c2n1Cc1ccc(Cl)cc1. The van der Waals surface area contributed by atoms with Crippen LogP contribution in [-0.4, -0.2) is 57.5 Å². The first-order chi connectivity index (χ1) is 18.9. The molecule has 10 heteroatoms. The second-order valence-corrected chi connectivity index (χ2v) is 10.3. The Hall–Kier alpha value is -3.69. The summed E-state index contributed by atoms with van der Waals surface area (Å²) in [6, 6.07) is 13.6. The summed E-state index contributed by atoms with van der Waals surface area (Å²) in [5.74, 6) is 0.981. The van der Waals surface area contributed by atoms with E-state index in [0.717, 1.165) is 29.5 Å². The number of carboxylic acids is 1. The molecule has 0 unspecified atom stereocenters. The van der Waals surface area contributed by atoms with Gasteiger partial charge >= 0.3 is 5.97 Å². The third kappa shape index (κ3) is 6.49. The van der Waals surface area contributed by atoms with Gasteiger partial charge in [-0.1, -0.05) is 48.2 Å². The highest BCUT2D eigenvalue weighted by atomic mass is 35.5. The molecule has 0 spiro atoms. The lowest BCUT2D eigenvalue weighted by Gasteiger charge is -2.16. The van der Waals surface area contributed by atoms with Gasteiger partial charge in [0.25, 0.3) is 0 Å². The summed E-state index contributed by atoms with van der Waals surface area (Å²) in [5, 5.41) is 13.8. The van der Waals surface area contributed by atoms with E-state index in [1.807, 2.05) is 54.0 Å². The van der Waals surface area contributed by atoms with Crippen molar-refractivity contribution in [1.82, 2.24) is 19.5 Å². The number of carbonyl (C=O) groups is 1. The maximum atomic E-state index is 11.9. The number of fused-ring (bicyclic) bond motifs is 1. The third-order valence-electron chi connectivity index (χ3n) is 6.72. The molecule has 0 saturated heterocycles. The van der Waals surface area contributed by atoms with E-state index in [2.05, 4.69) is 15.3 Å². The molecule has 9 nitrogen and oxygen atoms in total. The van der Waals surface area contributed by atoms with Crippen molar-refractivity contribution in [3.05, 3.63) is 64.4 Å². The van der Waals surface area contributed by atoms with Crippen molar-refractivity contribution in [3.63, 3.8) is 0 Å². The van der Waals surface area contributed by atoms with E-state index >= 15 is 0 Å². The molecule has 4 aromatic rings. The summed E-state index contributed by atoms with van der Waals surface area (Å²) in [5.41, 5.74) is 3.79. The molecule has 0 aliphatic heterocycles. The molecule has 2 aromatic carbocycles. The van der Waals surface area contributed by atoms with Gasteiger partial charge in [-0.3, -0.25) is 0 Å². The lowest BCUT2D eigenvalue weighted by Crippen LogP contribution is -2.12. The zero-order chi connectivity index (χ0) is 27.4. The monoisotopic (exact) mass is 549 g/mol. The zero-order valence-electron chi connectivity index (χ0n) is 22.1. The number of imidazole rings is 1. The summed E-state index contributed by atoms with van der Waals surface area (Å²) >= 11 is 6.15. The fraction of sp³-hybridized carbons (Fsp3) is 0.379. The number of benzene rings is 2. The van der Waals surface area contributed by atoms with Crippen LogP contribution in [0, 0.1) is 12.8 Å². The van der Waals surface area contributed by atoms with Crippen molar-refractivity contribution in [2.45, 2.75) is 39.2 Å². The quantitative estimate of drug-likeness (QED) is 0.200. The molecule has 0 bridgehead atoms. The van der Waals surface area contributed by atoms with Crippen molar-refractivity contribution < 1.29 is 19.4 Å². The predicted octanol–water partition coefficient (Wildman–Crippen LogP) is 5.83. The number of hydrogen-bond acceptors (Lipinski definition) is 7. The number of carboxylic acid groups (broad SMARTS) is 1. The zero-order valence-corrected chi connectivity index (χ0v) is 22.9. The maximum Gasteiger partial charge on any atom is 0.374 e. The highest BCUT2D eigenvalue weighted by molar-refractivity contribution is 6.30. The van der Waals surface area contributed by atoms with Crippen LogP contribution in [0.25, 0.3) is 22.6 Å². The first-order valence-corrected chi connectivity index (χ1v) is 13.5. The molecular weight excluding hydrogens is 518 g/mol. The van der Waals surface area contributed by atoms with Crippen LogP contribution in [0.5, 0.6) is 5.75 Å². The molecule has 1 aliphatic rings. The van der Waals surface area contributed by atoms with Gasteiger partial charge in [0, 0.05) is 38.2 Å². The summed E-state index contributed by atoms with van der Waals surface area (Å²) in [4.78, 5) is 25.5. The molecule has 2 heterocycles. The maximum absolute atomic E-state index is 11.9. The van der Waals surface area contributed by atoms with E-state index in [1.54, 1.807) is 7.11 Å². The minimum atomic E-state index is -1.20. The number of nitrogens with zero attached hydrogens (tertiary/aromatic N) is 4. The summed E-state index contributed by atoms with van der Waals surface area (Å²) in [6.45, 7) is 4.23. The van der Waals surface area contributed by atoms with Gasteiger partial charge in [-0.15, -0.1) is 0 Å². The van der Waals surface area contributed by atoms with Crippen LogP contribution in [0.3, 0.4) is 0 Å². The van der Waals surface area contributed by atoms with Gasteiger partial charge in [0.1, 0.15) is 17.1 Å². The van der Waals surface area contributed by atoms with E-state index in [0.29, 0.717) is 65.8 Å². The molecule has 0 radical (unpaired) electrons. The average molecular weight is 550 g/mol. The van der Waals surface area contributed by atoms with Crippen molar-refractivity contribution in [3.8, 4) is 17.1 Å². The van der Waals surface area contributed by atoms with Gasteiger partial charge < -0.3 is 24.5 Å². The second kappa shape index (κ2) is 12.0. The number of anilines is 1. The molecule has 5 rings (SSSR count). The van der Waals surface area contributed by atoms with E-state index in [-0.39, 0.29) is 5.82 Å². The number of nitrogens with one attached hydrogen (secondary N) is 1. The molecule has 0 atom stereocenters. The molecule has 1 saturated carbocycles. The van der Waals surface area contributed by atoms with E-state index in [4.69, 9.17) is 26.1 Å². The number of methoxy groups -OCH3 is 1. The molecular formula is C29H32ClN5O4. The molecule has 1 aliphatic carbocycles. The molecule has 0 amide bonds. The Kier molecular flexibility index (Phi) is 8.28. The fourth-order valence-electron chi connectivity index (χ4n) is 4.52. The Balaban J connectivity index is 1.65. The fourth-order valence-corrected chi connectivity index (χ4v) is 4.64. The Bertz CT molecular complexity index is 1470. The van der Waals surface area contributed by atoms with E-state index in [1.165, 1.54) is 12.8 Å². The molecule has 204 valence electrons. The topological polar surface area (TPSA) is 111 Å². The molecule has 2 N–H and O–H groups in total. The van der Waals surface area contributed by atoms with Gasteiger partial charge in [-0.25, -0.2) is 19.7 Å². The Morgan fingerprint density at radius 2 is 1.92 bits per heavy atom. The standard InChI is InChI=1S/C29H32ClN5O4/c1-18-4-11-23(39-15-3-14-38-2)22(16-18)28-34-26-24(35(28)17-20-7-9-21(30)10-8-20)25(31-13-12-19-5-6-19)32-27(33-26)29(36)37/h4,7-11,16,19H,3,5-6,12-15,17H2,1-2H3,(H,36,37)(H,31,32,33). The minimum absolute atomic E-state index is 0.292. The van der Waals surface area contributed by atoms with Gasteiger partial charge in [-0.2, -0.15) is 0 Å². The van der Waals surface area contributed by atoms with Crippen LogP contribution in [0.4, 0.5) is 5.82 Å². The Labute approximate surface area is 232 Å². The molecule has 2 aromatic heterocycles. The number of aryl methyl sites for hydroxylation is 1. The summed E-state index contributed by atoms with van der Waals surface area (Å²) in [6.07, 6.45) is 4.22. The summed E-state index contributed by atoms with van der Waals surface area (Å²) in [7, 11) is 1.67. The average Bonchev–Trinajstić information content (AvgIpc) is 3.68. The number of aromatic nitrogens is 4. The first-order valence-electron chi connectivity index (χ1n) is 13.2. The van der Waals surface area contributed by atoms with Crippen molar-refractivity contribution >= 4 is 34.6 Å². The Morgan fingerprint density at radius 3 is 2.64 bits per heavy atom. The van der Waals surface area contributed by atoms with Crippen LogP contribution in [0.15, 0.2) is 42.5 Å². The van der Waals surface area contributed by atoms with Gasteiger partial charge in [0.15, 0.2) is 11.5 Å². The number of hydrogen-bond donors (Lipinski definition) is 2. The highest BCUT2D eigenvalue weighted by Gasteiger charge is 2.25. The van der Waals surface area contributed by atoms with Crippen LogP contribution in [0.1, 0.15) is 47.4 Å². The van der Waals surface area contributed by atoms with Crippen molar-refractivity contribution in [2.24, 2.45) is 5.92 Å².